The molecule has 1 aromatic carbocycles. The number of hydrogen-bond acceptors (Lipinski definition) is 4. The first-order chi connectivity index (χ1) is 13.0. The number of carbonyl (C=O) groups is 2. The molecule has 2 heterocycles. The van der Waals surface area contributed by atoms with Crippen molar-refractivity contribution in [2.45, 2.75) is 25.4 Å². The van der Waals surface area contributed by atoms with Gasteiger partial charge in [-0.15, -0.1) is 0 Å². The zero-order valence-corrected chi connectivity index (χ0v) is 16.7. The highest BCUT2D eigenvalue weighted by molar-refractivity contribution is 7.07. The maximum absolute atomic E-state index is 12.7. The van der Waals surface area contributed by atoms with Crippen molar-refractivity contribution in [2.24, 2.45) is 0 Å². The topological polar surface area (TPSA) is 52.7 Å². The summed E-state index contributed by atoms with van der Waals surface area (Å²) in [6.07, 6.45) is 3.94. The smallest absolute Gasteiger partial charge is 0.223 e. The Bertz CT molecular complexity index is 830. The monoisotopic (exact) mass is 383 g/mol. The molecule has 0 aliphatic carbocycles. The Balaban J connectivity index is 1.70. The summed E-state index contributed by atoms with van der Waals surface area (Å²) < 4.78 is 0. The minimum atomic E-state index is -0.275. The van der Waals surface area contributed by atoms with Crippen LogP contribution >= 0.6 is 11.3 Å². The fraction of sp³-hybridized carbons (Fsp3) is 0.333. The highest BCUT2D eigenvalue weighted by Crippen LogP contribution is 2.32. The number of rotatable bonds is 6. The molecule has 2 amide bonds. The molecule has 2 unspecified atom stereocenters. The van der Waals surface area contributed by atoms with Gasteiger partial charge in [-0.2, -0.15) is 11.3 Å². The largest absolute Gasteiger partial charge is 0.354 e. The van der Waals surface area contributed by atoms with Gasteiger partial charge in [0.1, 0.15) is 0 Å². The standard InChI is InChI=1S/C21H25N3O2S/c1-15(25)24-10-8-16-6-4-5-7-18(16)19(24)12-21(26)22-13-20(23(2)3)17-9-11-27-14-17/h4-11,14,19-20H,12-13H2,1-3H3,(H,22,26). The van der Waals surface area contributed by atoms with Crippen molar-refractivity contribution in [1.29, 1.82) is 0 Å². The third-order valence-electron chi connectivity index (χ3n) is 4.89. The first-order valence-corrected chi connectivity index (χ1v) is 9.93. The zero-order valence-electron chi connectivity index (χ0n) is 15.9. The number of amides is 2. The van der Waals surface area contributed by atoms with Gasteiger partial charge >= 0.3 is 0 Å². The van der Waals surface area contributed by atoms with Crippen molar-refractivity contribution in [3.8, 4) is 0 Å². The van der Waals surface area contributed by atoms with E-state index in [1.807, 2.05) is 49.8 Å². The molecule has 0 radical (unpaired) electrons. The number of nitrogens with zero attached hydrogens (tertiary/aromatic N) is 2. The van der Waals surface area contributed by atoms with E-state index in [2.05, 4.69) is 21.7 Å². The van der Waals surface area contributed by atoms with E-state index < -0.39 is 0 Å². The highest BCUT2D eigenvalue weighted by atomic mass is 32.1. The second kappa shape index (κ2) is 8.50. The van der Waals surface area contributed by atoms with E-state index in [0.717, 1.165) is 11.1 Å². The lowest BCUT2D eigenvalue weighted by Gasteiger charge is -2.32. The third-order valence-corrected chi connectivity index (χ3v) is 5.59. The highest BCUT2D eigenvalue weighted by Gasteiger charge is 2.28. The molecule has 1 aromatic heterocycles. The number of fused-ring (bicyclic) bond motifs is 1. The van der Waals surface area contributed by atoms with Gasteiger partial charge in [0.05, 0.1) is 18.5 Å². The Morgan fingerprint density at radius 1 is 1.26 bits per heavy atom. The Morgan fingerprint density at radius 2 is 2.04 bits per heavy atom. The second-order valence-electron chi connectivity index (χ2n) is 6.93. The number of nitrogens with one attached hydrogen (secondary N) is 1. The Labute approximate surface area is 164 Å². The third kappa shape index (κ3) is 4.46. The van der Waals surface area contributed by atoms with Crippen LogP contribution in [-0.4, -0.2) is 42.3 Å². The van der Waals surface area contributed by atoms with Crippen molar-refractivity contribution < 1.29 is 9.59 Å². The van der Waals surface area contributed by atoms with E-state index in [-0.39, 0.29) is 30.3 Å². The molecule has 1 N–H and O–H groups in total. The normalized spacial score (nSPS) is 16.9. The lowest BCUT2D eigenvalue weighted by Crippen LogP contribution is -2.38. The van der Waals surface area contributed by atoms with Crippen LogP contribution in [0.3, 0.4) is 0 Å². The van der Waals surface area contributed by atoms with E-state index in [9.17, 15) is 9.59 Å². The predicted molar refractivity (Wildman–Crippen MR) is 109 cm³/mol. The van der Waals surface area contributed by atoms with Gasteiger partial charge in [-0.05, 0) is 53.7 Å². The van der Waals surface area contributed by atoms with Gasteiger partial charge in [0.2, 0.25) is 11.8 Å². The lowest BCUT2D eigenvalue weighted by molar-refractivity contribution is -0.130. The van der Waals surface area contributed by atoms with Crippen LogP contribution in [0.1, 0.15) is 42.1 Å². The Hall–Kier alpha value is -2.44. The van der Waals surface area contributed by atoms with Crippen LogP contribution in [-0.2, 0) is 9.59 Å². The molecular formula is C21H25N3O2S. The van der Waals surface area contributed by atoms with Crippen molar-refractivity contribution in [3.05, 3.63) is 64.0 Å². The predicted octanol–water partition coefficient (Wildman–Crippen LogP) is 3.43. The second-order valence-corrected chi connectivity index (χ2v) is 7.71. The SMILES string of the molecule is CC(=O)N1C=Cc2ccccc2C1CC(=O)NCC(c1ccsc1)N(C)C. The Morgan fingerprint density at radius 3 is 2.70 bits per heavy atom. The number of thiophene rings is 1. The summed E-state index contributed by atoms with van der Waals surface area (Å²) in [6, 6.07) is 9.84. The molecule has 0 spiro atoms. The molecule has 2 aromatic rings. The molecule has 142 valence electrons. The molecule has 0 saturated heterocycles. The molecule has 0 fully saturated rings. The van der Waals surface area contributed by atoms with Crippen molar-refractivity contribution in [2.75, 3.05) is 20.6 Å². The maximum atomic E-state index is 12.7. The van der Waals surface area contributed by atoms with E-state index in [0.29, 0.717) is 6.54 Å². The van der Waals surface area contributed by atoms with Gasteiger partial charge in [-0.3, -0.25) is 9.59 Å². The van der Waals surface area contributed by atoms with Crippen LogP contribution in [0, 0.1) is 0 Å². The summed E-state index contributed by atoms with van der Waals surface area (Å²) in [5.41, 5.74) is 3.26. The zero-order chi connectivity index (χ0) is 19.4. The molecule has 1 aliphatic rings. The summed E-state index contributed by atoms with van der Waals surface area (Å²) in [4.78, 5) is 28.5. The fourth-order valence-electron chi connectivity index (χ4n) is 3.43. The van der Waals surface area contributed by atoms with Crippen molar-refractivity contribution in [1.82, 2.24) is 15.1 Å². The molecule has 0 bridgehead atoms. The van der Waals surface area contributed by atoms with Gasteiger partial charge in [-0.25, -0.2) is 0 Å². The summed E-state index contributed by atoms with van der Waals surface area (Å²) in [6.45, 7) is 2.06. The van der Waals surface area contributed by atoms with E-state index >= 15 is 0 Å². The van der Waals surface area contributed by atoms with Crippen LogP contribution in [0.15, 0.2) is 47.3 Å². The number of benzene rings is 1. The van der Waals surface area contributed by atoms with Gasteiger partial charge in [0.15, 0.2) is 0 Å². The molecule has 0 saturated carbocycles. The molecule has 3 rings (SSSR count). The quantitative estimate of drug-likeness (QED) is 0.831. The summed E-state index contributed by atoms with van der Waals surface area (Å²) in [7, 11) is 4.02. The number of carbonyl (C=O) groups excluding carboxylic acids is 2. The minimum absolute atomic E-state index is 0.0570. The van der Waals surface area contributed by atoms with Crippen LogP contribution in [0.2, 0.25) is 0 Å². The molecule has 5 nitrogen and oxygen atoms in total. The van der Waals surface area contributed by atoms with Crippen molar-refractivity contribution >= 4 is 29.2 Å². The van der Waals surface area contributed by atoms with Gasteiger partial charge in [-0.1, -0.05) is 24.3 Å². The average Bonchev–Trinajstić information content (AvgIpc) is 3.16. The van der Waals surface area contributed by atoms with Crippen LogP contribution < -0.4 is 5.32 Å². The van der Waals surface area contributed by atoms with Gasteiger partial charge < -0.3 is 15.1 Å². The van der Waals surface area contributed by atoms with Crippen LogP contribution in [0.4, 0.5) is 0 Å². The van der Waals surface area contributed by atoms with E-state index in [4.69, 9.17) is 0 Å². The maximum Gasteiger partial charge on any atom is 0.223 e. The fourth-order valence-corrected chi connectivity index (χ4v) is 4.14. The van der Waals surface area contributed by atoms with E-state index in [1.54, 1.807) is 22.4 Å². The van der Waals surface area contributed by atoms with Gasteiger partial charge in [0.25, 0.3) is 0 Å². The molecular weight excluding hydrogens is 358 g/mol. The number of hydrogen-bond donors (Lipinski definition) is 1. The summed E-state index contributed by atoms with van der Waals surface area (Å²) >= 11 is 1.65. The van der Waals surface area contributed by atoms with Crippen LogP contribution in [0.25, 0.3) is 6.08 Å². The summed E-state index contributed by atoms with van der Waals surface area (Å²) in [5, 5.41) is 7.20. The van der Waals surface area contributed by atoms with Gasteiger partial charge in [0, 0.05) is 19.7 Å². The number of likely N-dealkylation sites (N-methyl/N-ethyl adjacent to an activating group) is 1. The molecule has 2 atom stereocenters. The first kappa shape index (κ1) is 19.3. The van der Waals surface area contributed by atoms with E-state index in [1.165, 1.54) is 12.5 Å². The average molecular weight is 384 g/mol. The molecule has 1 aliphatic heterocycles. The Kier molecular flexibility index (Phi) is 6.08. The van der Waals surface area contributed by atoms with Crippen LogP contribution in [0.5, 0.6) is 0 Å². The molecule has 27 heavy (non-hydrogen) atoms. The minimum Gasteiger partial charge on any atom is -0.354 e. The summed E-state index contributed by atoms with van der Waals surface area (Å²) in [5.74, 6) is -0.124. The van der Waals surface area contributed by atoms with Crippen molar-refractivity contribution in [3.63, 3.8) is 0 Å². The lowest BCUT2D eigenvalue weighted by atomic mass is 9.93. The first-order valence-electron chi connectivity index (χ1n) is 8.98. The molecule has 6 heteroatoms.